The third-order valence-corrected chi connectivity index (χ3v) is 4.43. The Kier molecular flexibility index (Phi) is 16.2. The van der Waals surface area contributed by atoms with E-state index in [9.17, 15) is 24.0 Å². The fourth-order valence-corrected chi connectivity index (χ4v) is 2.40. The molecule has 1 heterocycles. The lowest BCUT2D eigenvalue weighted by Crippen LogP contribution is -2.42. The fourth-order valence-electron chi connectivity index (χ4n) is 2.08. The minimum Gasteiger partial charge on any atom is -0.466 e. The number of carbonyl (C=O) groups excluding carboxylic acids is 5. The van der Waals surface area contributed by atoms with E-state index in [2.05, 4.69) is 15.6 Å². The van der Waals surface area contributed by atoms with Gasteiger partial charge in [-0.25, -0.2) is 9.78 Å². The lowest BCUT2D eigenvalue weighted by Gasteiger charge is -2.17. The number of esters is 2. The molecule has 2 N–H and O–H groups in total. The van der Waals surface area contributed by atoms with Gasteiger partial charge in [-0.3, -0.25) is 19.2 Å². The second-order valence-corrected chi connectivity index (χ2v) is 7.21. The van der Waals surface area contributed by atoms with Crippen LogP contribution in [0.3, 0.4) is 0 Å². The molecule has 1 aromatic rings. The second-order valence-electron chi connectivity index (χ2n) is 5.85. The summed E-state index contributed by atoms with van der Waals surface area (Å²) in [6.07, 6.45) is 1.14. The number of halogens is 4. The molecule has 0 aromatic carbocycles. The molecule has 0 bridgehead atoms. The average molecular weight is 547 g/mol. The summed E-state index contributed by atoms with van der Waals surface area (Å²) < 4.78 is 9.73. The van der Waals surface area contributed by atoms with Gasteiger partial charge < -0.3 is 20.1 Å². The summed E-state index contributed by atoms with van der Waals surface area (Å²) in [7, 11) is 0. The molecule has 1 atom stereocenters. The van der Waals surface area contributed by atoms with Gasteiger partial charge in [0.2, 0.25) is 11.1 Å². The first-order valence-electron chi connectivity index (χ1n) is 9.48. The van der Waals surface area contributed by atoms with Gasteiger partial charge in [-0.2, -0.15) is 0 Å². The molecular formula is C19H23Cl4N3O7. The zero-order valence-electron chi connectivity index (χ0n) is 17.8. The predicted octanol–water partition coefficient (Wildman–Crippen LogP) is 2.91. The number of hydrogen-bond donors (Lipinski definition) is 2. The van der Waals surface area contributed by atoms with Crippen LogP contribution in [0.4, 0.5) is 5.69 Å². The first kappa shape index (κ1) is 30.9. The van der Waals surface area contributed by atoms with E-state index < -0.39 is 35.0 Å². The second kappa shape index (κ2) is 17.4. The van der Waals surface area contributed by atoms with Crippen LogP contribution in [-0.4, -0.2) is 65.0 Å². The summed E-state index contributed by atoms with van der Waals surface area (Å²) in [5.41, 5.74) is 0.104. The number of ether oxygens (including phenoxy) is 2. The van der Waals surface area contributed by atoms with Gasteiger partial charge >= 0.3 is 11.9 Å². The van der Waals surface area contributed by atoms with E-state index in [0.717, 1.165) is 0 Å². The van der Waals surface area contributed by atoms with Crippen LogP contribution in [0.25, 0.3) is 0 Å². The highest BCUT2D eigenvalue weighted by Crippen LogP contribution is 2.19. The van der Waals surface area contributed by atoms with E-state index in [4.69, 9.17) is 55.9 Å². The molecule has 0 aliphatic rings. The molecular weight excluding hydrogens is 524 g/mol. The summed E-state index contributed by atoms with van der Waals surface area (Å²) in [6, 6.07) is 0.247. The molecule has 1 unspecified atom stereocenters. The maximum absolute atomic E-state index is 12.5. The number of carbonyl (C=O) groups is 5. The van der Waals surface area contributed by atoms with Gasteiger partial charge in [-0.05, 0) is 37.9 Å². The summed E-state index contributed by atoms with van der Waals surface area (Å²) in [5.74, 6) is -2.73. The van der Waals surface area contributed by atoms with Gasteiger partial charge in [0.1, 0.15) is 17.6 Å². The standard InChI is InChI=1S/C17H21Cl2N3O6.C2H2Cl2O/c1-3-27-14(24)6-5-12(17(26)28-4-2)22-16(25)15-11(19)7-10(9-20-15)21-13(23)8-18;3-1-2(4)5/h7,9,12H,3-6,8H2,1-2H3,(H,21,23)(H,22,25);1H2. The number of anilines is 1. The summed E-state index contributed by atoms with van der Waals surface area (Å²) in [5, 5.41) is 4.34. The molecule has 2 amide bonds. The molecule has 1 rings (SSSR count). The van der Waals surface area contributed by atoms with Crippen LogP contribution in [0.2, 0.25) is 5.02 Å². The Hall–Kier alpha value is -2.14. The molecule has 10 nitrogen and oxygen atoms in total. The first-order chi connectivity index (χ1) is 15.6. The molecule has 0 radical (unpaired) electrons. The molecule has 33 heavy (non-hydrogen) atoms. The molecule has 0 fully saturated rings. The molecule has 1 aromatic heterocycles. The topological polar surface area (TPSA) is 141 Å². The number of alkyl halides is 2. The average Bonchev–Trinajstić information content (AvgIpc) is 2.77. The van der Waals surface area contributed by atoms with Crippen molar-refractivity contribution in [3.8, 4) is 0 Å². The van der Waals surface area contributed by atoms with Crippen molar-refractivity contribution in [3.05, 3.63) is 23.0 Å². The summed E-state index contributed by atoms with van der Waals surface area (Å²) in [4.78, 5) is 60.7. The Balaban J connectivity index is 0.00000184. The predicted molar refractivity (Wildman–Crippen MR) is 124 cm³/mol. The van der Waals surface area contributed by atoms with Crippen molar-refractivity contribution in [2.75, 3.05) is 30.3 Å². The lowest BCUT2D eigenvalue weighted by molar-refractivity contribution is -0.147. The van der Waals surface area contributed by atoms with Gasteiger partial charge in [0.25, 0.3) is 5.91 Å². The van der Waals surface area contributed by atoms with E-state index in [-0.39, 0.29) is 54.2 Å². The number of amides is 2. The third kappa shape index (κ3) is 13.2. The highest BCUT2D eigenvalue weighted by Gasteiger charge is 2.25. The van der Waals surface area contributed by atoms with Crippen LogP contribution in [0.1, 0.15) is 37.2 Å². The van der Waals surface area contributed by atoms with Crippen molar-refractivity contribution in [3.63, 3.8) is 0 Å². The largest absolute Gasteiger partial charge is 0.466 e. The van der Waals surface area contributed by atoms with E-state index in [0.29, 0.717) is 0 Å². The van der Waals surface area contributed by atoms with E-state index in [1.807, 2.05) is 0 Å². The summed E-state index contributed by atoms with van der Waals surface area (Å²) >= 11 is 21.0. The Labute approximate surface area is 210 Å². The van der Waals surface area contributed by atoms with E-state index >= 15 is 0 Å². The molecule has 14 heteroatoms. The lowest BCUT2D eigenvalue weighted by atomic mass is 10.1. The number of aromatic nitrogens is 1. The van der Waals surface area contributed by atoms with E-state index in [1.165, 1.54) is 12.3 Å². The number of pyridine rings is 1. The number of rotatable bonds is 11. The van der Waals surface area contributed by atoms with Crippen molar-refractivity contribution in [2.45, 2.75) is 32.7 Å². The minimum absolute atomic E-state index is 0.00904. The maximum Gasteiger partial charge on any atom is 0.328 e. The Morgan fingerprint density at radius 1 is 1.06 bits per heavy atom. The van der Waals surface area contributed by atoms with Crippen LogP contribution in [0.5, 0.6) is 0 Å². The monoisotopic (exact) mass is 545 g/mol. The highest BCUT2D eigenvalue weighted by atomic mass is 35.5. The highest BCUT2D eigenvalue weighted by molar-refractivity contribution is 6.67. The van der Waals surface area contributed by atoms with Crippen molar-refractivity contribution in [1.29, 1.82) is 0 Å². The number of nitrogens with one attached hydrogen (secondary N) is 2. The zero-order chi connectivity index (χ0) is 25.4. The first-order valence-corrected chi connectivity index (χ1v) is 11.3. The van der Waals surface area contributed by atoms with E-state index in [1.54, 1.807) is 13.8 Å². The Morgan fingerprint density at radius 2 is 1.67 bits per heavy atom. The molecule has 0 saturated carbocycles. The number of nitrogens with zero attached hydrogens (tertiary/aromatic N) is 1. The number of hydrogen-bond acceptors (Lipinski definition) is 8. The van der Waals surface area contributed by atoms with Crippen molar-refractivity contribution < 1.29 is 33.4 Å². The maximum atomic E-state index is 12.5. The molecule has 184 valence electrons. The zero-order valence-corrected chi connectivity index (χ0v) is 20.8. The SMILES string of the molecule is CCOC(=O)CCC(NC(=O)c1ncc(NC(=O)CCl)cc1Cl)C(=O)OCC.O=C(Cl)CCl. The van der Waals surface area contributed by atoms with Crippen LogP contribution in [0.15, 0.2) is 12.3 Å². The van der Waals surface area contributed by atoms with Gasteiger partial charge in [0, 0.05) is 6.42 Å². The van der Waals surface area contributed by atoms with Crippen molar-refractivity contribution in [2.24, 2.45) is 0 Å². The molecule has 0 spiro atoms. The van der Waals surface area contributed by atoms with Crippen molar-refractivity contribution in [1.82, 2.24) is 10.3 Å². The smallest absolute Gasteiger partial charge is 0.328 e. The van der Waals surface area contributed by atoms with Crippen LogP contribution in [0, 0.1) is 0 Å². The minimum atomic E-state index is -1.08. The van der Waals surface area contributed by atoms with Crippen LogP contribution >= 0.6 is 46.4 Å². The van der Waals surface area contributed by atoms with Crippen LogP contribution < -0.4 is 10.6 Å². The molecule has 0 aliphatic carbocycles. The van der Waals surface area contributed by atoms with Gasteiger partial charge in [-0.15, -0.1) is 23.2 Å². The quantitative estimate of drug-likeness (QED) is 0.245. The van der Waals surface area contributed by atoms with Gasteiger partial charge in [-0.1, -0.05) is 11.6 Å². The van der Waals surface area contributed by atoms with Crippen LogP contribution in [-0.2, 0) is 28.7 Å². The van der Waals surface area contributed by atoms with Gasteiger partial charge in [0.15, 0.2) is 0 Å². The molecule has 0 saturated heterocycles. The normalized spacial score (nSPS) is 10.7. The third-order valence-electron chi connectivity index (χ3n) is 3.39. The Morgan fingerprint density at radius 3 is 2.15 bits per heavy atom. The Bertz CT molecular complexity index is 840. The summed E-state index contributed by atoms with van der Waals surface area (Å²) in [6.45, 7) is 3.60. The van der Waals surface area contributed by atoms with Crippen molar-refractivity contribution >= 4 is 81.1 Å². The fraction of sp³-hybridized carbons (Fsp3) is 0.474. The molecule has 0 aliphatic heterocycles. The van der Waals surface area contributed by atoms with Gasteiger partial charge in [0.05, 0.1) is 36.0 Å².